The average Bonchev–Trinajstić information content (AvgIpc) is 2.81. The summed E-state index contributed by atoms with van der Waals surface area (Å²) in [6.45, 7) is 5.00. The molecule has 0 aliphatic carbocycles. The maximum Gasteiger partial charge on any atom is 0.250 e. The summed E-state index contributed by atoms with van der Waals surface area (Å²) in [4.78, 5) is 24.8. The van der Waals surface area contributed by atoms with Crippen LogP contribution >= 0.6 is 0 Å². The molecule has 0 unspecified atom stereocenters. The average molecular weight is 455 g/mol. The molecule has 2 aromatic rings. The lowest BCUT2D eigenvalue weighted by molar-refractivity contribution is -0.130. The van der Waals surface area contributed by atoms with E-state index in [1.54, 1.807) is 0 Å². The Hall–Kier alpha value is -2.74. The molecular weight excluding hydrogens is 416 g/mol. The summed E-state index contributed by atoms with van der Waals surface area (Å²) in [6, 6.07) is 18.8. The van der Waals surface area contributed by atoms with E-state index in [-0.39, 0.29) is 11.8 Å². The van der Waals surface area contributed by atoms with E-state index in [1.807, 2.05) is 74.5 Å². The SMILES string of the molecule is CC(C)(CNC(=O)C[C@H](CN)Cc1ccccc1)CNC(=O)[C@@H](O)[C@H](N)Cc1ccccc1. The number of hydrogen-bond acceptors (Lipinski definition) is 5. The molecule has 0 spiro atoms. The number of carbonyl (C=O) groups is 2. The highest BCUT2D eigenvalue weighted by molar-refractivity contribution is 5.81. The summed E-state index contributed by atoms with van der Waals surface area (Å²) >= 11 is 0. The standard InChI is InChI=1S/C26H38N4O3/c1-26(2,17-29-23(31)15-21(16-27)13-19-9-5-3-6-10-19)18-30-25(33)24(32)22(28)14-20-11-7-4-8-12-20/h3-12,21-22,24,32H,13-18,27-28H2,1-2H3,(H,29,31)(H,30,33)/t21-,22-,24+/m1/s1. The molecule has 7 N–H and O–H groups in total. The lowest BCUT2D eigenvalue weighted by atomic mass is 9.92. The maximum atomic E-state index is 12.4. The molecule has 0 aliphatic rings. The van der Waals surface area contributed by atoms with E-state index in [0.29, 0.717) is 32.5 Å². The minimum Gasteiger partial charge on any atom is -0.382 e. The van der Waals surface area contributed by atoms with Gasteiger partial charge in [-0.2, -0.15) is 0 Å². The Morgan fingerprint density at radius 3 is 1.97 bits per heavy atom. The maximum absolute atomic E-state index is 12.4. The Labute approximate surface area is 196 Å². The number of rotatable bonds is 13. The van der Waals surface area contributed by atoms with Crippen molar-refractivity contribution >= 4 is 11.8 Å². The van der Waals surface area contributed by atoms with Gasteiger partial charge in [0.05, 0.1) is 0 Å². The highest BCUT2D eigenvalue weighted by atomic mass is 16.3. The molecule has 0 aromatic heterocycles. The van der Waals surface area contributed by atoms with Crippen LogP contribution in [-0.4, -0.2) is 48.7 Å². The fourth-order valence-electron chi connectivity index (χ4n) is 3.54. The van der Waals surface area contributed by atoms with Crippen LogP contribution in [0.4, 0.5) is 0 Å². The van der Waals surface area contributed by atoms with Gasteiger partial charge in [-0.15, -0.1) is 0 Å². The van der Waals surface area contributed by atoms with Crippen molar-refractivity contribution in [3.05, 3.63) is 71.8 Å². The zero-order chi connectivity index (χ0) is 24.3. The minimum atomic E-state index is -1.31. The molecule has 3 atom stereocenters. The number of hydrogen-bond donors (Lipinski definition) is 5. The second kappa shape index (κ2) is 13.1. The largest absolute Gasteiger partial charge is 0.382 e. The molecular formula is C26H38N4O3. The van der Waals surface area contributed by atoms with Crippen molar-refractivity contribution in [1.82, 2.24) is 10.6 Å². The van der Waals surface area contributed by atoms with Gasteiger partial charge in [-0.3, -0.25) is 9.59 Å². The number of nitrogens with one attached hydrogen (secondary N) is 2. The van der Waals surface area contributed by atoms with Crippen LogP contribution in [0.15, 0.2) is 60.7 Å². The molecule has 0 aliphatic heterocycles. The fourth-order valence-corrected chi connectivity index (χ4v) is 3.54. The first kappa shape index (κ1) is 26.5. The molecule has 0 saturated heterocycles. The van der Waals surface area contributed by atoms with E-state index in [4.69, 9.17) is 11.5 Å². The number of benzene rings is 2. The molecule has 0 radical (unpaired) electrons. The number of aliphatic hydroxyl groups excluding tert-OH is 1. The molecule has 0 bridgehead atoms. The Morgan fingerprint density at radius 2 is 1.42 bits per heavy atom. The molecule has 7 nitrogen and oxygen atoms in total. The molecule has 7 heteroatoms. The van der Waals surface area contributed by atoms with Crippen LogP contribution in [0.3, 0.4) is 0 Å². The van der Waals surface area contributed by atoms with E-state index in [2.05, 4.69) is 10.6 Å². The third-order valence-electron chi connectivity index (χ3n) is 5.67. The van der Waals surface area contributed by atoms with E-state index in [9.17, 15) is 14.7 Å². The first-order chi connectivity index (χ1) is 15.7. The van der Waals surface area contributed by atoms with Gasteiger partial charge < -0.3 is 27.2 Å². The molecule has 2 amide bonds. The van der Waals surface area contributed by atoms with Crippen LogP contribution in [0.2, 0.25) is 0 Å². The van der Waals surface area contributed by atoms with E-state index in [0.717, 1.165) is 17.5 Å². The topological polar surface area (TPSA) is 130 Å². The molecule has 2 aromatic carbocycles. The lowest BCUT2D eigenvalue weighted by Gasteiger charge is -2.27. The van der Waals surface area contributed by atoms with Crippen LogP contribution < -0.4 is 22.1 Å². The molecule has 0 fully saturated rings. The summed E-state index contributed by atoms with van der Waals surface area (Å²) < 4.78 is 0. The third-order valence-corrected chi connectivity index (χ3v) is 5.67. The zero-order valence-electron chi connectivity index (χ0n) is 19.7. The van der Waals surface area contributed by atoms with Gasteiger partial charge in [-0.25, -0.2) is 0 Å². The predicted molar refractivity (Wildman–Crippen MR) is 131 cm³/mol. The molecule has 2 rings (SSSR count). The van der Waals surface area contributed by atoms with Crippen molar-refractivity contribution in [3.63, 3.8) is 0 Å². The number of aliphatic hydroxyl groups is 1. The zero-order valence-corrected chi connectivity index (χ0v) is 19.7. The summed E-state index contributed by atoms with van der Waals surface area (Å²) in [6.07, 6.45) is 0.200. The molecule has 0 saturated carbocycles. The van der Waals surface area contributed by atoms with E-state index >= 15 is 0 Å². The van der Waals surface area contributed by atoms with Crippen LogP contribution in [0, 0.1) is 11.3 Å². The Bertz CT molecular complexity index is 858. The highest BCUT2D eigenvalue weighted by Gasteiger charge is 2.26. The second-order valence-corrected chi connectivity index (χ2v) is 9.45. The highest BCUT2D eigenvalue weighted by Crippen LogP contribution is 2.14. The Morgan fingerprint density at radius 1 is 0.909 bits per heavy atom. The molecule has 180 valence electrons. The monoisotopic (exact) mass is 454 g/mol. The predicted octanol–water partition coefficient (Wildman–Crippen LogP) is 1.38. The minimum absolute atomic E-state index is 0.0642. The Balaban J connectivity index is 1.74. The second-order valence-electron chi connectivity index (χ2n) is 9.45. The van der Waals surface area contributed by atoms with Crippen LogP contribution in [0.5, 0.6) is 0 Å². The number of nitrogens with two attached hydrogens (primary N) is 2. The summed E-state index contributed by atoms with van der Waals surface area (Å²) in [5, 5.41) is 16.0. The number of amides is 2. The summed E-state index contributed by atoms with van der Waals surface area (Å²) in [5.41, 5.74) is 13.6. The van der Waals surface area contributed by atoms with Crippen molar-refractivity contribution in [1.29, 1.82) is 0 Å². The van der Waals surface area contributed by atoms with Gasteiger partial charge in [0.1, 0.15) is 6.10 Å². The first-order valence-electron chi connectivity index (χ1n) is 11.5. The summed E-state index contributed by atoms with van der Waals surface area (Å²) in [5.74, 6) is -0.508. The molecule has 33 heavy (non-hydrogen) atoms. The first-order valence-corrected chi connectivity index (χ1v) is 11.5. The van der Waals surface area contributed by atoms with Crippen molar-refractivity contribution in [3.8, 4) is 0 Å². The fraction of sp³-hybridized carbons (Fsp3) is 0.462. The van der Waals surface area contributed by atoms with Gasteiger partial charge in [0.2, 0.25) is 11.8 Å². The quantitative estimate of drug-likeness (QED) is 0.312. The van der Waals surface area contributed by atoms with E-state index in [1.165, 1.54) is 0 Å². The van der Waals surface area contributed by atoms with Crippen LogP contribution in [0.1, 0.15) is 31.4 Å². The van der Waals surface area contributed by atoms with Gasteiger partial charge in [0, 0.05) is 25.6 Å². The van der Waals surface area contributed by atoms with Gasteiger partial charge in [0.15, 0.2) is 0 Å². The van der Waals surface area contributed by atoms with Crippen molar-refractivity contribution < 1.29 is 14.7 Å². The third kappa shape index (κ3) is 9.74. The normalized spacial score (nSPS) is 14.2. The van der Waals surface area contributed by atoms with Gasteiger partial charge in [0.25, 0.3) is 0 Å². The smallest absolute Gasteiger partial charge is 0.250 e. The van der Waals surface area contributed by atoms with Crippen molar-refractivity contribution in [2.24, 2.45) is 22.8 Å². The Kier molecular flexibility index (Phi) is 10.5. The lowest BCUT2D eigenvalue weighted by Crippen LogP contribution is -2.50. The van der Waals surface area contributed by atoms with E-state index < -0.39 is 23.5 Å². The van der Waals surface area contributed by atoms with Crippen molar-refractivity contribution in [2.45, 2.75) is 45.3 Å². The summed E-state index contributed by atoms with van der Waals surface area (Å²) in [7, 11) is 0. The van der Waals surface area contributed by atoms with Gasteiger partial charge in [-0.1, -0.05) is 74.5 Å². The van der Waals surface area contributed by atoms with Gasteiger partial charge in [-0.05, 0) is 41.8 Å². The van der Waals surface area contributed by atoms with Crippen LogP contribution in [0.25, 0.3) is 0 Å². The molecule has 0 heterocycles. The van der Waals surface area contributed by atoms with Gasteiger partial charge >= 0.3 is 0 Å². The van der Waals surface area contributed by atoms with Crippen molar-refractivity contribution in [2.75, 3.05) is 19.6 Å². The van der Waals surface area contributed by atoms with Crippen LogP contribution in [-0.2, 0) is 22.4 Å². The number of carbonyl (C=O) groups excluding carboxylic acids is 2.